The molecule has 1 aliphatic heterocycles. The van der Waals surface area contributed by atoms with Crippen LogP contribution in [0, 0.1) is 17.2 Å². The highest BCUT2D eigenvalue weighted by Crippen LogP contribution is 2.41. The Hall–Kier alpha value is -1.69. The molecule has 0 radical (unpaired) electrons. The smallest absolute Gasteiger partial charge is 0.142 e. The molecule has 0 amide bonds. The van der Waals surface area contributed by atoms with Crippen molar-refractivity contribution in [3.05, 3.63) is 24.3 Å². The molecule has 102 valence electrons. The van der Waals surface area contributed by atoms with E-state index in [4.69, 9.17) is 10.00 Å². The maximum atomic E-state index is 8.90. The van der Waals surface area contributed by atoms with Crippen LogP contribution in [0.3, 0.4) is 0 Å². The van der Waals surface area contributed by atoms with E-state index in [1.807, 2.05) is 25.1 Å². The zero-order valence-corrected chi connectivity index (χ0v) is 12.0. The van der Waals surface area contributed by atoms with Crippen LogP contribution in [0.25, 0.3) is 0 Å². The third-order valence-corrected chi connectivity index (χ3v) is 3.80. The van der Waals surface area contributed by atoms with Crippen LogP contribution in [0.2, 0.25) is 0 Å². The molecule has 19 heavy (non-hydrogen) atoms. The van der Waals surface area contributed by atoms with Gasteiger partial charge in [0.15, 0.2) is 0 Å². The van der Waals surface area contributed by atoms with Crippen molar-refractivity contribution in [2.24, 2.45) is 5.92 Å². The molecule has 1 atom stereocenters. The molecule has 0 aliphatic carbocycles. The molecular weight excluding hydrogens is 236 g/mol. The molecule has 0 spiro atoms. The molecule has 1 aliphatic rings. The number of rotatable bonds is 4. The average molecular weight is 258 g/mol. The van der Waals surface area contributed by atoms with Crippen molar-refractivity contribution in [3.63, 3.8) is 0 Å². The summed E-state index contributed by atoms with van der Waals surface area (Å²) in [5.74, 6) is 1.39. The van der Waals surface area contributed by atoms with Crippen LogP contribution >= 0.6 is 0 Å². The van der Waals surface area contributed by atoms with Gasteiger partial charge in [0.2, 0.25) is 0 Å². The van der Waals surface area contributed by atoms with Crippen LogP contribution in [-0.4, -0.2) is 18.7 Å². The number of ether oxygens (including phenoxy) is 1. The van der Waals surface area contributed by atoms with Gasteiger partial charge in [0.05, 0.1) is 18.4 Å². The van der Waals surface area contributed by atoms with Gasteiger partial charge in [-0.2, -0.15) is 5.26 Å². The van der Waals surface area contributed by atoms with Gasteiger partial charge in [-0.3, -0.25) is 0 Å². The Labute approximate surface area is 115 Å². The minimum atomic E-state index is 0.0781. The van der Waals surface area contributed by atoms with Gasteiger partial charge >= 0.3 is 0 Å². The quantitative estimate of drug-likeness (QED) is 0.827. The number of nitriles is 1. The lowest BCUT2D eigenvalue weighted by atomic mass is 9.94. The van der Waals surface area contributed by atoms with E-state index >= 15 is 0 Å². The van der Waals surface area contributed by atoms with Crippen molar-refractivity contribution in [1.29, 1.82) is 5.26 Å². The van der Waals surface area contributed by atoms with E-state index in [9.17, 15) is 0 Å². The molecule has 0 bridgehead atoms. The van der Waals surface area contributed by atoms with Crippen LogP contribution < -0.4 is 9.64 Å². The highest BCUT2D eigenvalue weighted by atomic mass is 16.5. The van der Waals surface area contributed by atoms with E-state index < -0.39 is 0 Å². The van der Waals surface area contributed by atoms with Crippen molar-refractivity contribution in [3.8, 4) is 11.8 Å². The zero-order chi connectivity index (χ0) is 13.9. The molecule has 0 aromatic heterocycles. The van der Waals surface area contributed by atoms with Crippen molar-refractivity contribution < 1.29 is 4.74 Å². The Morgan fingerprint density at radius 1 is 1.42 bits per heavy atom. The van der Waals surface area contributed by atoms with Gasteiger partial charge < -0.3 is 9.64 Å². The summed E-state index contributed by atoms with van der Waals surface area (Å²) in [7, 11) is 0. The van der Waals surface area contributed by atoms with Gasteiger partial charge in [-0.25, -0.2) is 0 Å². The van der Waals surface area contributed by atoms with E-state index in [2.05, 4.69) is 30.9 Å². The standard InChI is InChI=1S/C16H22N2O/c1-4-19-15-8-6-5-7-14(15)18-12-13(9-10-17)11-16(18,2)3/h5-8,13H,4,9,11-12H2,1-3H3. The average Bonchev–Trinajstić information content (AvgIpc) is 2.66. The van der Waals surface area contributed by atoms with Crippen molar-refractivity contribution in [1.82, 2.24) is 0 Å². The van der Waals surface area contributed by atoms with Crippen LogP contribution in [0.15, 0.2) is 24.3 Å². The molecule has 1 aromatic rings. The summed E-state index contributed by atoms with van der Waals surface area (Å²) >= 11 is 0. The van der Waals surface area contributed by atoms with Gasteiger partial charge in [-0.15, -0.1) is 0 Å². The minimum Gasteiger partial charge on any atom is -0.492 e. The summed E-state index contributed by atoms with van der Waals surface area (Å²) in [5, 5.41) is 8.90. The normalized spacial score (nSPS) is 21.2. The summed E-state index contributed by atoms with van der Waals surface area (Å²) in [6.45, 7) is 8.10. The second-order valence-electron chi connectivity index (χ2n) is 5.76. The minimum absolute atomic E-state index is 0.0781. The number of benzene rings is 1. The molecule has 1 fully saturated rings. The van der Waals surface area contributed by atoms with Crippen molar-refractivity contribution >= 4 is 5.69 Å². The van der Waals surface area contributed by atoms with Crippen LogP contribution in [0.4, 0.5) is 5.69 Å². The second-order valence-corrected chi connectivity index (χ2v) is 5.76. The first kappa shape index (κ1) is 13.7. The van der Waals surface area contributed by atoms with Crippen LogP contribution in [-0.2, 0) is 0 Å². The fraction of sp³-hybridized carbons (Fsp3) is 0.562. The van der Waals surface area contributed by atoms with Crippen molar-refractivity contribution in [2.75, 3.05) is 18.1 Å². The number of hydrogen-bond donors (Lipinski definition) is 0. The van der Waals surface area contributed by atoms with Crippen molar-refractivity contribution in [2.45, 2.75) is 39.2 Å². The topological polar surface area (TPSA) is 36.3 Å². The van der Waals surface area contributed by atoms with Gasteiger partial charge in [0.1, 0.15) is 5.75 Å². The third-order valence-electron chi connectivity index (χ3n) is 3.80. The summed E-state index contributed by atoms with van der Waals surface area (Å²) in [6, 6.07) is 10.5. The maximum absolute atomic E-state index is 8.90. The lowest BCUT2D eigenvalue weighted by Crippen LogP contribution is -2.38. The first-order chi connectivity index (χ1) is 9.08. The van der Waals surface area contributed by atoms with Gasteiger partial charge in [-0.05, 0) is 45.2 Å². The summed E-state index contributed by atoms with van der Waals surface area (Å²) < 4.78 is 5.73. The molecule has 1 aromatic carbocycles. The predicted molar refractivity (Wildman–Crippen MR) is 77.4 cm³/mol. The fourth-order valence-electron chi connectivity index (χ4n) is 3.03. The van der Waals surface area contributed by atoms with E-state index in [0.717, 1.165) is 24.4 Å². The fourth-order valence-corrected chi connectivity index (χ4v) is 3.03. The molecule has 1 heterocycles. The molecule has 2 rings (SSSR count). The Morgan fingerprint density at radius 3 is 2.84 bits per heavy atom. The van der Waals surface area contributed by atoms with Crippen LogP contribution in [0.5, 0.6) is 5.75 Å². The monoisotopic (exact) mass is 258 g/mol. The largest absolute Gasteiger partial charge is 0.492 e. The SMILES string of the molecule is CCOc1ccccc1N1CC(CC#N)CC1(C)C. The first-order valence-corrected chi connectivity index (χ1v) is 6.95. The van der Waals surface area contributed by atoms with Gasteiger partial charge in [-0.1, -0.05) is 12.1 Å². The Kier molecular flexibility index (Phi) is 3.99. The van der Waals surface area contributed by atoms with E-state index in [-0.39, 0.29) is 5.54 Å². The van der Waals surface area contributed by atoms with E-state index in [1.54, 1.807) is 0 Å². The summed E-state index contributed by atoms with van der Waals surface area (Å²) in [5.41, 5.74) is 1.23. The third kappa shape index (κ3) is 2.84. The number of anilines is 1. The summed E-state index contributed by atoms with van der Waals surface area (Å²) in [4.78, 5) is 2.39. The number of hydrogen-bond acceptors (Lipinski definition) is 3. The zero-order valence-electron chi connectivity index (χ0n) is 12.0. The molecule has 1 unspecified atom stereocenters. The second kappa shape index (κ2) is 5.52. The number of nitrogens with zero attached hydrogens (tertiary/aromatic N) is 2. The van der Waals surface area contributed by atoms with Gasteiger partial charge in [0.25, 0.3) is 0 Å². The molecular formula is C16H22N2O. The summed E-state index contributed by atoms with van der Waals surface area (Å²) in [6.07, 6.45) is 1.69. The highest BCUT2D eigenvalue weighted by Gasteiger charge is 2.39. The van der Waals surface area contributed by atoms with E-state index in [0.29, 0.717) is 18.9 Å². The van der Waals surface area contributed by atoms with Crippen LogP contribution in [0.1, 0.15) is 33.6 Å². The molecule has 3 nitrogen and oxygen atoms in total. The molecule has 0 saturated carbocycles. The Morgan fingerprint density at radius 2 is 2.16 bits per heavy atom. The van der Waals surface area contributed by atoms with Gasteiger partial charge in [0, 0.05) is 18.5 Å². The lowest BCUT2D eigenvalue weighted by molar-refractivity contribution is 0.338. The molecule has 0 N–H and O–H groups in total. The lowest BCUT2D eigenvalue weighted by Gasteiger charge is -2.34. The molecule has 3 heteroatoms. The Balaban J connectivity index is 2.28. The number of para-hydroxylation sites is 2. The Bertz CT molecular complexity index is 476. The highest BCUT2D eigenvalue weighted by molar-refractivity contribution is 5.61. The maximum Gasteiger partial charge on any atom is 0.142 e. The predicted octanol–water partition coefficient (Wildman–Crippen LogP) is 3.60. The van der Waals surface area contributed by atoms with E-state index in [1.165, 1.54) is 0 Å². The first-order valence-electron chi connectivity index (χ1n) is 6.95. The molecule has 1 saturated heterocycles.